The van der Waals surface area contributed by atoms with E-state index in [-0.39, 0.29) is 0 Å². The molecule has 0 saturated heterocycles. The van der Waals surface area contributed by atoms with Crippen molar-refractivity contribution < 1.29 is 4.74 Å². The van der Waals surface area contributed by atoms with Crippen molar-refractivity contribution in [1.29, 1.82) is 0 Å². The summed E-state index contributed by atoms with van der Waals surface area (Å²) >= 11 is 0. The van der Waals surface area contributed by atoms with Crippen molar-refractivity contribution in [1.82, 2.24) is 9.55 Å². The van der Waals surface area contributed by atoms with Gasteiger partial charge in [-0.3, -0.25) is 0 Å². The Balaban J connectivity index is 2.37. The van der Waals surface area contributed by atoms with Crippen LogP contribution in [0, 0.1) is 12.3 Å². The monoisotopic (exact) mass is 241 g/mol. The second-order valence-corrected chi connectivity index (χ2v) is 3.77. The Labute approximate surface area is 106 Å². The minimum Gasteiger partial charge on any atom is -0.494 e. The molecule has 18 heavy (non-hydrogen) atoms. The van der Waals surface area contributed by atoms with Crippen LogP contribution >= 0.6 is 0 Å². The lowest BCUT2D eigenvalue weighted by Crippen LogP contribution is -2.00. The number of hydrogen-bond acceptors (Lipinski definition) is 3. The highest BCUT2D eigenvalue weighted by molar-refractivity contribution is 5.71. The van der Waals surface area contributed by atoms with E-state index >= 15 is 0 Å². The number of imidazole rings is 1. The third-order valence-corrected chi connectivity index (χ3v) is 2.56. The van der Waals surface area contributed by atoms with Gasteiger partial charge in [0.2, 0.25) is 0 Å². The summed E-state index contributed by atoms with van der Waals surface area (Å²) in [5.41, 5.74) is 7.66. The highest BCUT2D eigenvalue weighted by Crippen LogP contribution is 2.27. The molecular weight excluding hydrogens is 226 g/mol. The maximum atomic E-state index is 6.01. The van der Waals surface area contributed by atoms with Gasteiger partial charge in [-0.25, -0.2) is 4.98 Å². The number of hydrogen-bond donors (Lipinski definition) is 1. The quantitative estimate of drug-likeness (QED) is 0.834. The van der Waals surface area contributed by atoms with Gasteiger partial charge in [0, 0.05) is 5.56 Å². The van der Waals surface area contributed by atoms with Crippen molar-refractivity contribution in [2.45, 2.75) is 13.5 Å². The fourth-order valence-electron chi connectivity index (χ4n) is 1.74. The average molecular weight is 241 g/mol. The van der Waals surface area contributed by atoms with Crippen molar-refractivity contribution in [2.24, 2.45) is 0 Å². The molecule has 4 nitrogen and oxygen atoms in total. The van der Waals surface area contributed by atoms with Gasteiger partial charge in [0.05, 0.1) is 19.5 Å². The topological polar surface area (TPSA) is 53.1 Å². The predicted octanol–water partition coefficient (Wildman–Crippen LogP) is 2.16. The molecule has 2 rings (SSSR count). The molecule has 0 aliphatic carbocycles. The van der Waals surface area contributed by atoms with Crippen LogP contribution in [0.2, 0.25) is 0 Å². The van der Waals surface area contributed by atoms with Gasteiger partial charge >= 0.3 is 0 Å². The highest BCUT2D eigenvalue weighted by atomic mass is 16.5. The summed E-state index contributed by atoms with van der Waals surface area (Å²) < 4.78 is 7.19. The fraction of sp³-hybridized carbons (Fsp3) is 0.214. The summed E-state index contributed by atoms with van der Waals surface area (Å²) in [7, 11) is 0. The van der Waals surface area contributed by atoms with E-state index in [9.17, 15) is 0 Å². The van der Waals surface area contributed by atoms with Crippen LogP contribution in [-0.4, -0.2) is 16.2 Å². The van der Waals surface area contributed by atoms with Crippen molar-refractivity contribution >= 4 is 5.82 Å². The third-order valence-electron chi connectivity index (χ3n) is 2.56. The molecule has 1 heterocycles. The van der Waals surface area contributed by atoms with E-state index in [0.717, 1.165) is 17.0 Å². The molecule has 0 saturated carbocycles. The Kier molecular flexibility index (Phi) is 3.54. The zero-order chi connectivity index (χ0) is 13.0. The largest absolute Gasteiger partial charge is 0.494 e. The third kappa shape index (κ3) is 2.30. The van der Waals surface area contributed by atoms with Crippen LogP contribution in [0.1, 0.15) is 6.92 Å². The zero-order valence-electron chi connectivity index (χ0n) is 10.3. The van der Waals surface area contributed by atoms with Crippen molar-refractivity contribution in [2.75, 3.05) is 12.3 Å². The molecule has 0 aliphatic rings. The molecule has 0 atom stereocenters. The Morgan fingerprint density at radius 3 is 3.06 bits per heavy atom. The summed E-state index contributed by atoms with van der Waals surface area (Å²) in [6.45, 7) is 3.00. The van der Waals surface area contributed by atoms with Crippen LogP contribution in [-0.2, 0) is 6.54 Å². The van der Waals surface area contributed by atoms with E-state index in [0.29, 0.717) is 19.0 Å². The van der Waals surface area contributed by atoms with Gasteiger partial charge in [-0.2, -0.15) is 0 Å². The van der Waals surface area contributed by atoms with Crippen LogP contribution < -0.4 is 10.5 Å². The SMILES string of the molecule is C#CCn1cnc(-c2cccc(OCC)c2)c1N. The summed E-state index contributed by atoms with van der Waals surface area (Å²) in [4.78, 5) is 4.29. The average Bonchev–Trinajstić information content (AvgIpc) is 2.73. The molecule has 4 heteroatoms. The zero-order valence-corrected chi connectivity index (χ0v) is 10.3. The van der Waals surface area contributed by atoms with Crippen LogP contribution in [0.3, 0.4) is 0 Å². The number of terminal acetylenes is 1. The Bertz CT molecular complexity index is 581. The molecule has 0 fully saturated rings. The summed E-state index contributed by atoms with van der Waals surface area (Å²) in [5.74, 6) is 3.92. The molecule has 1 aromatic heterocycles. The highest BCUT2D eigenvalue weighted by Gasteiger charge is 2.09. The number of rotatable bonds is 4. The molecule has 1 aromatic carbocycles. The number of nitrogens with zero attached hydrogens (tertiary/aromatic N) is 2. The van der Waals surface area contributed by atoms with Gasteiger partial charge in [0.1, 0.15) is 17.3 Å². The van der Waals surface area contributed by atoms with Gasteiger partial charge in [0.25, 0.3) is 0 Å². The summed E-state index contributed by atoms with van der Waals surface area (Å²) in [6, 6.07) is 7.69. The minimum atomic E-state index is 0.421. The molecular formula is C14H15N3O. The smallest absolute Gasteiger partial charge is 0.132 e. The van der Waals surface area contributed by atoms with E-state index in [4.69, 9.17) is 16.9 Å². The van der Waals surface area contributed by atoms with Crippen molar-refractivity contribution in [3.8, 4) is 29.4 Å². The van der Waals surface area contributed by atoms with Crippen LogP contribution in [0.25, 0.3) is 11.3 Å². The Hall–Kier alpha value is -2.41. The van der Waals surface area contributed by atoms with Crippen LogP contribution in [0.5, 0.6) is 5.75 Å². The number of aromatic nitrogens is 2. The van der Waals surface area contributed by atoms with Gasteiger partial charge in [-0.05, 0) is 19.1 Å². The molecule has 0 radical (unpaired) electrons. The Morgan fingerprint density at radius 2 is 2.33 bits per heavy atom. The molecule has 0 spiro atoms. The normalized spacial score (nSPS) is 10.0. The molecule has 0 unspecified atom stereocenters. The minimum absolute atomic E-state index is 0.421. The van der Waals surface area contributed by atoms with Crippen LogP contribution in [0.4, 0.5) is 5.82 Å². The van der Waals surface area contributed by atoms with Gasteiger partial charge in [-0.1, -0.05) is 18.1 Å². The van der Waals surface area contributed by atoms with E-state index < -0.39 is 0 Å². The number of benzene rings is 1. The second kappa shape index (κ2) is 5.28. The fourth-order valence-corrected chi connectivity index (χ4v) is 1.74. The van der Waals surface area contributed by atoms with E-state index in [1.807, 2.05) is 31.2 Å². The molecule has 2 N–H and O–H groups in total. The lowest BCUT2D eigenvalue weighted by Gasteiger charge is -2.05. The first-order valence-electron chi connectivity index (χ1n) is 5.73. The molecule has 92 valence electrons. The molecule has 2 aromatic rings. The maximum absolute atomic E-state index is 6.01. The van der Waals surface area contributed by atoms with Gasteiger partial charge < -0.3 is 15.0 Å². The standard InChI is InChI=1S/C14H15N3O/c1-3-8-17-10-16-13(14(17)15)11-6-5-7-12(9-11)18-4-2/h1,5-7,9-10H,4,8,15H2,2H3. The summed E-state index contributed by atoms with van der Waals surface area (Å²) in [5, 5.41) is 0. The van der Waals surface area contributed by atoms with E-state index in [1.54, 1.807) is 10.9 Å². The van der Waals surface area contributed by atoms with Crippen LogP contribution in [0.15, 0.2) is 30.6 Å². The second-order valence-electron chi connectivity index (χ2n) is 3.77. The number of anilines is 1. The molecule has 0 bridgehead atoms. The first-order chi connectivity index (χ1) is 8.76. The van der Waals surface area contributed by atoms with Gasteiger partial charge in [-0.15, -0.1) is 6.42 Å². The number of nitrogens with two attached hydrogens (primary N) is 1. The summed E-state index contributed by atoms with van der Waals surface area (Å²) in [6.07, 6.45) is 6.92. The first kappa shape index (κ1) is 12.1. The lowest BCUT2D eigenvalue weighted by atomic mass is 10.1. The van der Waals surface area contributed by atoms with Crippen molar-refractivity contribution in [3.63, 3.8) is 0 Å². The van der Waals surface area contributed by atoms with E-state index in [1.165, 1.54) is 0 Å². The lowest BCUT2D eigenvalue weighted by molar-refractivity contribution is 0.340. The predicted molar refractivity (Wildman–Crippen MR) is 72.1 cm³/mol. The van der Waals surface area contributed by atoms with E-state index in [2.05, 4.69) is 10.9 Å². The number of ether oxygens (including phenoxy) is 1. The van der Waals surface area contributed by atoms with Crippen molar-refractivity contribution in [3.05, 3.63) is 30.6 Å². The molecule has 0 amide bonds. The number of nitrogen functional groups attached to an aromatic ring is 1. The molecule has 0 aliphatic heterocycles. The maximum Gasteiger partial charge on any atom is 0.132 e. The first-order valence-corrected chi connectivity index (χ1v) is 5.73. The van der Waals surface area contributed by atoms with Gasteiger partial charge in [0.15, 0.2) is 0 Å². The Morgan fingerprint density at radius 1 is 1.50 bits per heavy atom.